The lowest BCUT2D eigenvalue weighted by molar-refractivity contribution is 0.103. The van der Waals surface area contributed by atoms with Gasteiger partial charge in [-0.25, -0.2) is 0 Å². The van der Waals surface area contributed by atoms with Crippen LogP contribution < -0.4 is 5.43 Å². The minimum Gasteiger partial charge on any atom is -0.312 e. The number of fused-ring (bicyclic) bond motifs is 3. The molecule has 0 saturated carbocycles. The molecule has 0 aliphatic carbocycles. The molecule has 3 nitrogen and oxygen atoms in total. The van der Waals surface area contributed by atoms with Crippen LogP contribution >= 0.6 is 11.6 Å². The molecular formula is C26H16ClNO2. The van der Waals surface area contributed by atoms with Crippen molar-refractivity contribution in [2.75, 3.05) is 0 Å². The lowest BCUT2D eigenvalue weighted by Crippen LogP contribution is -2.16. The van der Waals surface area contributed by atoms with Crippen LogP contribution in [0.4, 0.5) is 0 Å². The van der Waals surface area contributed by atoms with Crippen LogP contribution in [0.5, 0.6) is 0 Å². The van der Waals surface area contributed by atoms with Gasteiger partial charge in [0.05, 0.1) is 16.8 Å². The number of hydrogen-bond acceptors (Lipinski definition) is 2. The summed E-state index contributed by atoms with van der Waals surface area (Å²) < 4.78 is 1.82. The number of aromatic nitrogens is 1. The summed E-state index contributed by atoms with van der Waals surface area (Å²) in [7, 11) is 0. The van der Waals surface area contributed by atoms with Gasteiger partial charge in [0.25, 0.3) is 0 Å². The normalized spacial score (nSPS) is 11.1. The van der Waals surface area contributed by atoms with E-state index < -0.39 is 0 Å². The first-order valence-corrected chi connectivity index (χ1v) is 9.94. The van der Waals surface area contributed by atoms with Crippen LogP contribution in [0.1, 0.15) is 16.1 Å². The average Bonchev–Trinajstić information content (AvgIpc) is 2.79. The third-order valence-electron chi connectivity index (χ3n) is 5.27. The van der Waals surface area contributed by atoms with Gasteiger partial charge < -0.3 is 4.40 Å². The molecule has 0 amide bonds. The molecule has 0 fully saturated rings. The van der Waals surface area contributed by atoms with E-state index in [0.717, 1.165) is 16.3 Å². The Kier molecular flexibility index (Phi) is 4.46. The number of carbonyl (C=O) groups excluding carboxylic acids is 1. The maximum Gasteiger partial charge on any atom is 0.209 e. The molecule has 2 aromatic heterocycles. The summed E-state index contributed by atoms with van der Waals surface area (Å²) in [6.07, 6.45) is 1.85. The summed E-state index contributed by atoms with van der Waals surface area (Å²) in [5.41, 5.74) is 2.70. The number of ketones is 1. The Balaban J connectivity index is 1.91. The fraction of sp³-hybridized carbons (Fsp3) is 0. The van der Waals surface area contributed by atoms with Crippen molar-refractivity contribution in [1.82, 2.24) is 4.40 Å². The lowest BCUT2D eigenvalue weighted by atomic mass is 9.98. The first kappa shape index (κ1) is 18.3. The second-order valence-corrected chi connectivity index (χ2v) is 7.53. The van der Waals surface area contributed by atoms with Gasteiger partial charge in [-0.2, -0.15) is 0 Å². The maximum atomic E-state index is 13.3. The zero-order valence-corrected chi connectivity index (χ0v) is 16.6. The molecule has 144 valence electrons. The van der Waals surface area contributed by atoms with E-state index in [-0.39, 0.29) is 11.2 Å². The molecule has 0 aliphatic heterocycles. The molecule has 3 aromatic carbocycles. The van der Waals surface area contributed by atoms with Crippen molar-refractivity contribution in [2.45, 2.75) is 0 Å². The fourth-order valence-corrected chi connectivity index (χ4v) is 3.99. The molecule has 2 heterocycles. The van der Waals surface area contributed by atoms with E-state index in [0.29, 0.717) is 27.4 Å². The first-order valence-electron chi connectivity index (χ1n) is 9.56. The summed E-state index contributed by atoms with van der Waals surface area (Å²) >= 11 is 6.06. The van der Waals surface area contributed by atoms with Crippen LogP contribution in [0.25, 0.3) is 27.4 Å². The van der Waals surface area contributed by atoms with Crippen molar-refractivity contribution < 1.29 is 4.79 Å². The third kappa shape index (κ3) is 3.00. The van der Waals surface area contributed by atoms with E-state index >= 15 is 0 Å². The highest BCUT2D eigenvalue weighted by molar-refractivity contribution is 6.30. The van der Waals surface area contributed by atoms with Gasteiger partial charge in [0.15, 0.2) is 5.43 Å². The number of pyridine rings is 2. The van der Waals surface area contributed by atoms with Crippen molar-refractivity contribution in [1.29, 1.82) is 0 Å². The number of nitrogens with zero attached hydrogens (tertiary/aromatic N) is 1. The van der Waals surface area contributed by atoms with Crippen molar-refractivity contribution in [3.8, 4) is 11.1 Å². The Morgan fingerprint density at radius 1 is 0.800 bits per heavy atom. The molecular weight excluding hydrogens is 394 g/mol. The molecule has 30 heavy (non-hydrogen) atoms. The SMILES string of the molecule is O=C(c1ccccc1)c1cc(=O)c(-c2ccc(Cl)cc2)c2c3ccccc3ccn12. The summed E-state index contributed by atoms with van der Waals surface area (Å²) in [6.45, 7) is 0. The number of rotatable bonds is 3. The van der Waals surface area contributed by atoms with Gasteiger partial charge in [0, 0.05) is 28.2 Å². The molecule has 0 atom stereocenters. The Bertz CT molecular complexity index is 1470. The number of benzene rings is 3. The van der Waals surface area contributed by atoms with Crippen molar-refractivity contribution in [3.05, 3.63) is 124 Å². The summed E-state index contributed by atoms with van der Waals surface area (Å²) in [5, 5.41) is 2.50. The van der Waals surface area contributed by atoms with Gasteiger partial charge in [-0.3, -0.25) is 9.59 Å². The topological polar surface area (TPSA) is 38.5 Å². The highest BCUT2D eigenvalue weighted by Gasteiger charge is 2.19. The average molecular weight is 410 g/mol. The van der Waals surface area contributed by atoms with Crippen LogP contribution in [-0.2, 0) is 0 Å². The van der Waals surface area contributed by atoms with Gasteiger partial charge in [0.1, 0.15) is 0 Å². The molecule has 4 heteroatoms. The van der Waals surface area contributed by atoms with Crippen LogP contribution in [-0.4, -0.2) is 10.2 Å². The van der Waals surface area contributed by atoms with Crippen molar-refractivity contribution >= 4 is 33.7 Å². The largest absolute Gasteiger partial charge is 0.312 e. The van der Waals surface area contributed by atoms with E-state index in [1.807, 2.05) is 71.3 Å². The number of carbonyl (C=O) groups is 1. The van der Waals surface area contributed by atoms with Gasteiger partial charge in [-0.05, 0) is 29.1 Å². The van der Waals surface area contributed by atoms with E-state index in [1.165, 1.54) is 6.07 Å². The summed E-state index contributed by atoms with van der Waals surface area (Å²) in [5.74, 6) is -0.194. The van der Waals surface area contributed by atoms with E-state index in [2.05, 4.69) is 0 Å². The molecule has 0 bridgehead atoms. The molecule has 5 aromatic rings. The van der Waals surface area contributed by atoms with Crippen LogP contribution in [0, 0.1) is 0 Å². The Labute approximate surface area is 177 Å². The maximum absolute atomic E-state index is 13.3. The van der Waals surface area contributed by atoms with Gasteiger partial charge in [-0.15, -0.1) is 0 Å². The molecule has 0 spiro atoms. The highest BCUT2D eigenvalue weighted by Crippen LogP contribution is 2.30. The Hall–Kier alpha value is -3.69. The fourth-order valence-electron chi connectivity index (χ4n) is 3.86. The van der Waals surface area contributed by atoms with Crippen molar-refractivity contribution in [3.63, 3.8) is 0 Å². The molecule has 0 N–H and O–H groups in total. The molecule has 0 aliphatic rings. The van der Waals surface area contributed by atoms with Crippen molar-refractivity contribution in [2.24, 2.45) is 0 Å². The minimum absolute atomic E-state index is 0.194. The first-order chi connectivity index (χ1) is 14.6. The summed E-state index contributed by atoms with van der Waals surface area (Å²) in [4.78, 5) is 26.6. The Morgan fingerprint density at radius 3 is 2.27 bits per heavy atom. The second-order valence-electron chi connectivity index (χ2n) is 7.09. The quantitative estimate of drug-likeness (QED) is 0.270. The van der Waals surface area contributed by atoms with Crippen LogP contribution in [0.2, 0.25) is 5.02 Å². The van der Waals surface area contributed by atoms with Crippen LogP contribution in [0.3, 0.4) is 0 Å². The van der Waals surface area contributed by atoms with E-state index in [1.54, 1.807) is 24.3 Å². The number of hydrogen-bond donors (Lipinski definition) is 0. The van der Waals surface area contributed by atoms with E-state index in [9.17, 15) is 9.59 Å². The summed E-state index contributed by atoms with van der Waals surface area (Å²) in [6, 6.07) is 27.5. The van der Waals surface area contributed by atoms with Gasteiger partial charge >= 0.3 is 0 Å². The lowest BCUT2D eigenvalue weighted by Gasteiger charge is -2.15. The molecule has 0 saturated heterocycles. The predicted molar refractivity (Wildman–Crippen MR) is 121 cm³/mol. The standard InChI is InChI=1S/C26H16ClNO2/c27-20-12-10-18(11-13-20)24-23(29)16-22(26(30)19-7-2-1-3-8-19)28-15-14-17-6-4-5-9-21(17)25(24)28/h1-16H. The monoisotopic (exact) mass is 409 g/mol. The number of halogens is 1. The van der Waals surface area contributed by atoms with Crippen LogP contribution in [0.15, 0.2) is 102 Å². The smallest absolute Gasteiger partial charge is 0.209 e. The van der Waals surface area contributed by atoms with Gasteiger partial charge in [0.2, 0.25) is 5.78 Å². The molecule has 5 rings (SSSR count). The minimum atomic E-state index is -0.201. The van der Waals surface area contributed by atoms with Gasteiger partial charge in [-0.1, -0.05) is 78.3 Å². The zero-order chi connectivity index (χ0) is 20.7. The Morgan fingerprint density at radius 2 is 1.50 bits per heavy atom. The third-order valence-corrected chi connectivity index (χ3v) is 5.52. The molecule has 0 radical (unpaired) electrons. The highest BCUT2D eigenvalue weighted by atomic mass is 35.5. The molecule has 0 unspecified atom stereocenters. The van der Waals surface area contributed by atoms with E-state index in [4.69, 9.17) is 11.6 Å². The second kappa shape index (κ2) is 7.29. The predicted octanol–water partition coefficient (Wildman–Crippen LogP) is 6.00. The zero-order valence-electron chi connectivity index (χ0n) is 15.9.